The number of fused-ring (bicyclic) bond motifs is 3. The molecule has 2 unspecified atom stereocenters. The van der Waals surface area contributed by atoms with Gasteiger partial charge in [-0.2, -0.15) is 0 Å². The number of nitrogens with two attached hydrogens (primary N) is 1. The Hall–Kier alpha value is -6.06. The largest absolute Gasteiger partial charge is 0.505 e. The average molecular weight is 635 g/mol. The lowest BCUT2D eigenvalue weighted by molar-refractivity contribution is 0.478. The Labute approximate surface area is 288 Å². The van der Waals surface area contributed by atoms with Crippen LogP contribution in [0, 0.1) is 0 Å². The van der Waals surface area contributed by atoms with E-state index in [1.807, 2.05) is 42.5 Å². The summed E-state index contributed by atoms with van der Waals surface area (Å²) in [6.45, 7) is 2.32. The molecule has 0 saturated carbocycles. The Kier molecular flexibility index (Phi) is 7.74. The van der Waals surface area contributed by atoms with E-state index in [1.165, 1.54) is 16.7 Å². The number of benzene rings is 6. The second kappa shape index (κ2) is 12.5. The zero-order valence-corrected chi connectivity index (χ0v) is 27.5. The molecule has 0 radical (unpaired) electrons. The molecule has 1 heterocycles. The maximum absolute atomic E-state index is 12.0. The molecule has 0 bridgehead atoms. The van der Waals surface area contributed by atoms with Crippen LogP contribution in [-0.2, 0) is 5.41 Å². The minimum atomic E-state index is -0.357. The predicted molar refractivity (Wildman–Crippen MR) is 205 cm³/mol. The van der Waals surface area contributed by atoms with Crippen LogP contribution in [-0.4, -0.2) is 5.11 Å². The first kappa shape index (κ1) is 30.3. The molecule has 1 aliphatic carbocycles. The van der Waals surface area contributed by atoms with Gasteiger partial charge in [0, 0.05) is 34.0 Å². The van der Waals surface area contributed by atoms with Crippen LogP contribution in [0.4, 0.5) is 17.1 Å². The molecule has 0 aromatic heterocycles. The molecular weight excluding hydrogens is 597 g/mol. The van der Waals surface area contributed by atoms with Gasteiger partial charge in [-0.3, -0.25) is 0 Å². The number of nitrogen functional groups attached to an aromatic ring is 1. The van der Waals surface area contributed by atoms with Crippen LogP contribution >= 0.6 is 0 Å². The van der Waals surface area contributed by atoms with Crippen LogP contribution < -0.4 is 10.6 Å². The van der Waals surface area contributed by atoms with Crippen LogP contribution in [0.25, 0.3) is 22.8 Å². The van der Waals surface area contributed by atoms with Gasteiger partial charge in [-0.05, 0) is 76.6 Å². The first-order valence-corrected chi connectivity index (χ1v) is 16.9. The molecule has 2 atom stereocenters. The normalized spacial score (nSPS) is 17.3. The number of anilines is 3. The van der Waals surface area contributed by atoms with Gasteiger partial charge in [0.05, 0.1) is 5.69 Å². The van der Waals surface area contributed by atoms with Crippen LogP contribution in [0.2, 0.25) is 0 Å². The number of phenolic OH excluding ortho intramolecular Hbond substituents is 1. The minimum Gasteiger partial charge on any atom is -0.505 e. The second-order valence-corrected chi connectivity index (χ2v) is 13.1. The number of rotatable bonds is 7. The number of hydrogen-bond acceptors (Lipinski definition) is 3. The van der Waals surface area contributed by atoms with Crippen molar-refractivity contribution in [3.63, 3.8) is 0 Å². The standard InChI is InChI=1S/C46H38N2O/c1-46-31-35(37-22-12-11-19-34(37)25-27-38(32-15-5-2-6-16-32)40-23-13-14-24-42(40)47)26-30-43(46)48(36-20-9-4-10-21-36)44-41(46)29-28-39(45(44)49)33-17-7-3-8-18-33/h2-30,38,49H,31,47H2,1H3. The Bertz CT molecular complexity index is 2230. The summed E-state index contributed by atoms with van der Waals surface area (Å²) in [6, 6.07) is 52.1. The third-order valence-electron chi connectivity index (χ3n) is 10.1. The van der Waals surface area contributed by atoms with Crippen molar-refractivity contribution in [3.8, 4) is 16.9 Å². The Morgan fingerprint density at radius 3 is 2.10 bits per heavy atom. The van der Waals surface area contributed by atoms with E-state index in [4.69, 9.17) is 5.73 Å². The van der Waals surface area contributed by atoms with E-state index in [1.54, 1.807) is 0 Å². The maximum Gasteiger partial charge on any atom is 0.147 e. The van der Waals surface area contributed by atoms with Crippen molar-refractivity contribution in [1.29, 1.82) is 0 Å². The molecular formula is C46H38N2O. The first-order valence-electron chi connectivity index (χ1n) is 16.9. The minimum absolute atomic E-state index is 0.0164. The van der Waals surface area contributed by atoms with Crippen molar-refractivity contribution in [2.45, 2.75) is 24.7 Å². The monoisotopic (exact) mass is 634 g/mol. The molecule has 6 aromatic carbocycles. The second-order valence-electron chi connectivity index (χ2n) is 13.1. The smallest absolute Gasteiger partial charge is 0.147 e. The molecule has 0 spiro atoms. The van der Waals surface area contributed by atoms with Gasteiger partial charge >= 0.3 is 0 Å². The molecule has 49 heavy (non-hydrogen) atoms. The number of allylic oxidation sites excluding steroid dienone is 5. The van der Waals surface area contributed by atoms with Crippen LogP contribution in [0.1, 0.15) is 47.1 Å². The van der Waals surface area contributed by atoms with Crippen molar-refractivity contribution in [3.05, 3.63) is 203 Å². The summed E-state index contributed by atoms with van der Waals surface area (Å²) < 4.78 is 0. The van der Waals surface area contributed by atoms with E-state index in [2.05, 4.69) is 145 Å². The number of aromatic hydroxyl groups is 1. The highest BCUT2D eigenvalue weighted by Gasteiger charge is 2.47. The Morgan fingerprint density at radius 2 is 1.35 bits per heavy atom. The highest BCUT2D eigenvalue weighted by atomic mass is 16.3. The Morgan fingerprint density at radius 1 is 0.694 bits per heavy atom. The lowest BCUT2D eigenvalue weighted by atomic mass is 9.72. The van der Waals surface area contributed by atoms with Gasteiger partial charge in [0.15, 0.2) is 0 Å². The molecule has 238 valence electrons. The summed E-state index contributed by atoms with van der Waals surface area (Å²) in [4.78, 5) is 2.25. The topological polar surface area (TPSA) is 49.5 Å². The lowest BCUT2D eigenvalue weighted by Crippen LogP contribution is -2.28. The lowest BCUT2D eigenvalue weighted by Gasteiger charge is -2.34. The SMILES string of the molecule is CC12CC(c3ccccc3C=CC(c3ccccc3)c3ccccc3N)=CC=C1N(c1ccccc1)c1c2ccc(-c2ccccc2)c1O. The highest BCUT2D eigenvalue weighted by molar-refractivity contribution is 5.92. The van der Waals surface area contributed by atoms with Crippen LogP contribution in [0.3, 0.4) is 0 Å². The van der Waals surface area contributed by atoms with Crippen molar-refractivity contribution in [1.82, 2.24) is 0 Å². The fourth-order valence-electron chi connectivity index (χ4n) is 7.68. The average Bonchev–Trinajstić information content (AvgIpc) is 3.42. The van der Waals surface area contributed by atoms with E-state index in [0.29, 0.717) is 5.75 Å². The third kappa shape index (κ3) is 5.34. The number of para-hydroxylation sites is 2. The maximum atomic E-state index is 12.0. The molecule has 0 saturated heterocycles. The van der Waals surface area contributed by atoms with Gasteiger partial charge < -0.3 is 15.7 Å². The first-order chi connectivity index (χ1) is 24.0. The fraction of sp³-hybridized carbons (Fsp3) is 0.0870. The molecule has 3 nitrogen and oxygen atoms in total. The highest BCUT2D eigenvalue weighted by Crippen LogP contribution is 2.60. The van der Waals surface area contributed by atoms with E-state index in [0.717, 1.165) is 57.0 Å². The molecule has 0 amide bonds. The molecule has 3 N–H and O–H groups in total. The molecule has 3 heteroatoms. The summed E-state index contributed by atoms with van der Waals surface area (Å²) in [5.41, 5.74) is 18.9. The molecule has 6 aromatic rings. The van der Waals surface area contributed by atoms with E-state index < -0.39 is 0 Å². The van der Waals surface area contributed by atoms with Crippen LogP contribution in [0.15, 0.2) is 176 Å². The zero-order chi connectivity index (χ0) is 33.4. The molecule has 2 aliphatic rings. The number of phenols is 1. The predicted octanol–water partition coefficient (Wildman–Crippen LogP) is 11.3. The fourth-order valence-corrected chi connectivity index (χ4v) is 7.68. The van der Waals surface area contributed by atoms with E-state index in [-0.39, 0.29) is 11.3 Å². The summed E-state index contributed by atoms with van der Waals surface area (Å²) in [6.07, 6.45) is 9.84. The van der Waals surface area contributed by atoms with Gasteiger partial charge in [-0.25, -0.2) is 0 Å². The summed E-state index contributed by atoms with van der Waals surface area (Å²) in [5, 5.41) is 12.0. The van der Waals surface area contributed by atoms with Crippen molar-refractivity contribution in [2.75, 3.05) is 10.6 Å². The summed E-state index contributed by atoms with van der Waals surface area (Å²) in [5.74, 6) is 0.323. The number of hydrogen-bond donors (Lipinski definition) is 2. The van der Waals surface area contributed by atoms with Gasteiger partial charge in [0.25, 0.3) is 0 Å². The quantitative estimate of drug-likeness (QED) is 0.172. The molecule has 1 aliphatic heterocycles. The van der Waals surface area contributed by atoms with Crippen molar-refractivity contribution >= 4 is 28.7 Å². The van der Waals surface area contributed by atoms with Crippen molar-refractivity contribution < 1.29 is 5.11 Å². The summed E-state index contributed by atoms with van der Waals surface area (Å²) in [7, 11) is 0. The number of nitrogens with zero attached hydrogens (tertiary/aromatic N) is 1. The van der Waals surface area contributed by atoms with Gasteiger partial charge in [0.1, 0.15) is 5.75 Å². The van der Waals surface area contributed by atoms with Crippen LogP contribution in [0.5, 0.6) is 5.75 Å². The Balaban J connectivity index is 1.22. The zero-order valence-electron chi connectivity index (χ0n) is 27.5. The van der Waals surface area contributed by atoms with Gasteiger partial charge in [-0.15, -0.1) is 0 Å². The van der Waals surface area contributed by atoms with Gasteiger partial charge in [0.2, 0.25) is 0 Å². The van der Waals surface area contributed by atoms with E-state index >= 15 is 0 Å². The van der Waals surface area contributed by atoms with Crippen molar-refractivity contribution in [2.24, 2.45) is 0 Å². The molecule has 0 fully saturated rings. The summed E-state index contributed by atoms with van der Waals surface area (Å²) >= 11 is 0. The third-order valence-corrected chi connectivity index (χ3v) is 10.1. The van der Waals surface area contributed by atoms with Gasteiger partial charge in [-0.1, -0.05) is 152 Å². The van der Waals surface area contributed by atoms with E-state index in [9.17, 15) is 5.11 Å². The molecule has 8 rings (SSSR count).